The van der Waals surface area contributed by atoms with Crippen molar-refractivity contribution in [1.82, 2.24) is 4.90 Å². The number of hydrogen-bond acceptors (Lipinski definition) is 2. The number of carbonyl (C=O) groups is 1. The summed E-state index contributed by atoms with van der Waals surface area (Å²) in [7, 11) is 2.13. The summed E-state index contributed by atoms with van der Waals surface area (Å²) in [4.78, 5) is 13.5. The molecule has 70 valence electrons. The minimum atomic E-state index is 0.453. The lowest BCUT2D eigenvalue weighted by Gasteiger charge is -2.30. The summed E-state index contributed by atoms with van der Waals surface area (Å²) in [6, 6.07) is 0.534. The summed E-state index contributed by atoms with van der Waals surface area (Å²) in [5.41, 5.74) is 0. The van der Waals surface area contributed by atoms with Crippen LogP contribution in [0.25, 0.3) is 0 Å². The Balaban J connectivity index is 2.34. The van der Waals surface area contributed by atoms with E-state index < -0.39 is 0 Å². The highest BCUT2D eigenvalue weighted by molar-refractivity contribution is 5.79. The molecule has 0 aromatic carbocycles. The molecule has 0 spiro atoms. The van der Waals surface area contributed by atoms with Crippen LogP contribution in [0.4, 0.5) is 0 Å². The minimum Gasteiger partial charge on any atom is -0.303 e. The molecule has 0 amide bonds. The van der Waals surface area contributed by atoms with E-state index in [1.807, 2.05) is 0 Å². The lowest BCUT2D eigenvalue weighted by molar-refractivity contribution is -0.121. The van der Waals surface area contributed by atoms with Crippen molar-refractivity contribution in [3.05, 3.63) is 0 Å². The van der Waals surface area contributed by atoms with E-state index in [4.69, 9.17) is 0 Å². The quantitative estimate of drug-likeness (QED) is 0.642. The van der Waals surface area contributed by atoms with Crippen molar-refractivity contribution >= 4 is 5.78 Å². The number of ketones is 1. The Labute approximate surface area is 74.9 Å². The highest BCUT2D eigenvalue weighted by Gasteiger charge is 2.21. The SMILES string of the molecule is CCCN(C)C1CCCC(=O)C1. The smallest absolute Gasteiger partial charge is 0.134 e. The van der Waals surface area contributed by atoms with E-state index in [2.05, 4.69) is 18.9 Å². The van der Waals surface area contributed by atoms with Crippen LogP contribution in [0.5, 0.6) is 0 Å². The van der Waals surface area contributed by atoms with Gasteiger partial charge in [0.1, 0.15) is 5.78 Å². The number of carbonyl (C=O) groups excluding carboxylic acids is 1. The summed E-state index contributed by atoms with van der Waals surface area (Å²) in [5, 5.41) is 0. The molecule has 1 atom stereocenters. The van der Waals surface area contributed by atoms with Crippen LogP contribution in [0.2, 0.25) is 0 Å². The number of hydrogen-bond donors (Lipinski definition) is 0. The third kappa shape index (κ3) is 2.59. The molecule has 0 aromatic rings. The molecule has 0 bridgehead atoms. The first-order valence-electron chi connectivity index (χ1n) is 4.96. The first-order valence-corrected chi connectivity index (χ1v) is 4.96. The molecule has 2 nitrogen and oxygen atoms in total. The van der Waals surface area contributed by atoms with Crippen LogP contribution in [0.3, 0.4) is 0 Å². The van der Waals surface area contributed by atoms with E-state index >= 15 is 0 Å². The van der Waals surface area contributed by atoms with Crippen molar-refractivity contribution in [1.29, 1.82) is 0 Å². The second-order valence-electron chi connectivity index (χ2n) is 3.77. The molecule has 2 heteroatoms. The van der Waals surface area contributed by atoms with Crippen molar-refractivity contribution in [3.63, 3.8) is 0 Å². The number of nitrogens with zero attached hydrogens (tertiary/aromatic N) is 1. The molecule has 0 N–H and O–H groups in total. The second-order valence-corrected chi connectivity index (χ2v) is 3.77. The number of Topliss-reactive ketones (excluding diaryl/α,β-unsaturated/α-hetero) is 1. The second kappa shape index (κ2) is 4.61. The van der Waals surface area contributed by atoms with Crippen molar-refractivity contribution in [2.24, 2.45) is 0 Å². The zero-order valence-electron chi connectivity index (χ0n) is 8.18. The molecular weight excluding hydrogens is 150 g/mol. The molecule has 0 aliphatic heterocycles. The van der Waals surface area contributed by atoms with Gasteiger partial charge >= 0.3 is 0 Å². The van der Waals surface area contributed by atoms with Gasteiger partial charge in [0.2, 0.25) is 0 Å². The van der Waals surface area contributed by atoms with Crippen LogP contribution in [0.15, 0.2) is 0 Å². The average molecular weight is 169 g/mol. The first-order chi connectivity index (χ1) is 5.74. The molecule has 1 aliphatic carbocycles. The van der Waals surface area contributed by atoms with Crippen molar-refractivity contribution in [2.75, 3.05) is 13.6 Å². The van der Waals surface area contributed by atoms with Crippen molar-refractivity contribution in [3.8, 4) is 0 Å². The normalized spacial score (nSPS) is 24.9. The van der Waals surface area contributed by atoms with Gasteiger partial charge in [0.15, 0.2) is 0 Å². The Morgan fingerprint density at radius 2 is 2.33 bits per heavy atom. The molecule has 0 radical (unpaired) electrons. The lowest BCUT2D eigenvalue weighted by atomic mass is 9.93. The van der Waals surface area contributed by atoms with Crippen molar-refractivity contribution in [2.45, 2.75) is 45.1 Å². The fourth-order valence-corrected chi connectivity index (χ4v) is 1.91. The molecule has 1 saturated carbocycles. The van der Waals surface area contributed by atoms with Gasteiger partial charge in [-0.15, -0.1) is 0 Å². The zero-order valence-corrected chi connectivity index (χ0v) is 8.18. The molecule has 12 heavy (non-hydrogen) atoms. The summed E-state index contributed by atoms with van der Waals surface area (Å²) >= 11 is 0. The van der Waals surface area contributed by atoms with Gasteiger partial charge in [-0.25, -0.2) is 0 Å². The van der Waals surface area contributed by atoms with Crippen LogP contribution in [0.1, 0.15) is 39.0 Å². The maximum Gasteiger partial charge on any atom is 0.134 e. The van der Waals surface area contributed by atoms with Crippen LogP contribution >= 0.6 is 0 Å². The van der Waals surface area contributed by atoms with E-state index in [0.717, 1.165) is 25.8 Å². The summed E-state index contributed by atoms with van der Waals surface area (Å²) in [6.07, 6.45) is 5.09. The summed E-state index contributed by atoms with van der Waals surface area (Å²) in [6.45, 7) is 3.30. The summed E-state index contributed by atoms with van der Waals surface area (Å²) in [5.74, 6) is 0.453. The van der Waals surface area contributed by atoms with Gasteiger partial charge in [0.25, 0.3) is 0 Å². The average Bonchev–Trinajstić information content (AvgIpc) is 2.05. The van der Waals surface area contributed by atoms with Crippen molar-refractivity contribution < 1.29 is 4.79 Å². The van der Waals surface area contributed by atoms with Gasteiger partial charge in [0.05, 0.1) is 0 Å². The Hall–Kier alpha value is -0.370. The predicted molar refractivity (Wildman–Crippen MR) is 50.2 cm³/mol. The van der Waals surface area contributed by atoms with Gasteiger partial charge in [-0.3, -0.25) is 4.79 Å². The largest absolute Gasteiger partial charge is 0.303 e. The van der Waals surface area contributed by atoms with Gasteiger partial charge in [0, 0.05) is 18.9 Å². The molecular formula is C10H19NO. The highest BCUT2D eigenvalue weighted by atomic mass is 16.1. The van der Waals surface area contributed by atoms with Crippen LogP contribution in [0, 0.1) is 0 Å². The Kier molecular flexibility index (Phi) is 3.73. The van der Waals surface area contributed by atoms with Gasteiger partial charge in [-0.2, -0.15) is 0 Å². The molecule has 0 heterocycles. The molecule has 1 fully saturated rings. The van der Waals surface area contributed by atoms with Crippen LogP contribution < -0.4 is 0 Å². The highest BCUT2D eigenvalue weighted by Crippen LogP contribution is 2.19. The lowest BCUT2D eigenvalue weighted by Crippen LogP contribution is -2.36. The Morgan fingerprint density at radius 1 is 1.58 bits per heavy atom. The van der Waals surface area contributed by atoms with Crippen LogP contribution in [-0.2, 0) is 4.79 Å². The maximum absolute atomic E-state index is 11.2. The van der Waals surface area contributed by atoms with E-state index in [1.165, 1.54) is 12.8 Å². The van der Waals surface area contributed by atoms with Gasteiger partial charge < -0.3 is 4.90 Å². The van der Waals surface area contributed by atoms with E-state index in [9.17, 15) is 4.79 Å². The molecule has 0 saturated heterocycles. The van der Waals surface area contributed by atoms with Gasteiger partial charge in [-0.05, 0) is 32.9 Å². The topological polar surface area (TPSA) is 20.3 Å². The Bertz CT molecular complexity index is 156. The maximum atomic E-state index is 11.2. The standard InChI is InChI=1S/C10H19NO/c1-3-7-11(2)9-5-4-6-10(12)8-9/h9H,3-8H2,1-2H3. The third-order valence-corrected chi connectivity index (χ3v) is 2.66. The fourth-order valence-electron chi connectivity index (χ4n) is 1.91. The first kappa shape index (κ1) is 9.72. The monoisotopic (exact) mass is 169 g/mol. The van der Waals surface area contributed by atoms with E-state index in [1.54, 1.807) is 0 Å². The summed E-state index contributed by atoms with van der Waals surface area (Å²) < 4.78 is 0. The van der Waals surface area contributed by atoms with E-state index in [0.29, 0.717) is 11.8 Å². The van der Waals surface area contributed by atoms with E-state index in [-0.39, 0.29) is 0 Å². The predicted octanol–water partition coefficient (Wildman–Crippen LogP) is 1.84. The zero-order chi connectivity index (χ0) is 8.97. The number of rotatable bonds is 3. The Morgan fingerprint density at radius 3 is 2.92 bits per heavy atom. The molecule has 0 aromatic heterocycles. The van der Waals surface area contributed by atoms with Crippen LogP contribution in [-0.4, -0.2) is 30.3 Å². The molecule has 1 rings (SSSR count). The van der Waals surface area contributed by atoms with Gasteiger partial charge in [-0.1, -0.05) is 6.92 Å². The molecule has 1 unspecified atom stereocenters. The molecule has 1 aliphatic rings. The third-order valence-electron chi connectivity index (χ3n) is 2.66. The minimum absolute atomic E-state index is 0.453. The fraction of sp³-hybridized carbons (Fsp3) is 0.900.